The second-order valence-electron chi connectivity index (χ2n) is 7.66. The highest BCUT2D eigenvalue weighted by atomic mass is 16.7. The summed E-state index contributed by atoms with van der Waals surface area (Å²) in [6, 6.07) is 0. The molecule has 0 aromatic rings. The molecule has 4 nitrogen and oxygen atoms in total. The molecule has 0 heterocycles. The van der Waals surface area contributed by atoms with Gasteiger partial charge < -0.3 is 9.47 Å². The molecule has 0 amide bonds. The van der Waals surface area contributed by atoms with Crippen LogP contribution in [-0.2, 0) is 9.47 Å². The fraction of sp³-hybridized carbons (Fsp3) is 0.933. The average Bonchev–Trinajstić information content (AvgIpc) is 2.22. The van der Waals surface area contributed by atoms with E-state index in [1.54, 1.807) is 13.8 Å². The topological polar surface area (TPSA) is 61.5 Å². The minimum absolute atomic E-state index is 0.243. The maximum absolute atomic E-state index is 11.6. The lowest BCUT2D eigenvalue weighted by Crippen LogP contribution is -2.48. The van der Waals surface area contributed by atoms with E-state index in [-0.39, 0.29) is 5.41 Å². The Morgan fingerprint density at radius 1 is 1.16 bits per heavy atom. The summed E-state index contributed by atoms with van der Waals surface area (Å²) < 4.78 is 10.4. The molecule has 0 aromatic heterocycles. The van der Waals surface area contributed by atoms with Gasteiger partial charge >= 0.3 is 6.16 Å². The van der Waals surface area contributed by atoms with Crippen molar-refractivity contribution < 1.29 is 14.3 Å². The summed E-state index contributed by atoms with van der Waals surface area (Å²) in [5, 5.41) is 0. The zero-order chi connectivity index (χ0) is 13.7. The van der Waals surface area contributed by atoms with Gasteiger partial charge in [0.2, 0.25) is 0 Å². The highest BCUT2D eigenvalue weighted by molar-refractivity contribution is 5.60. The zero-order valence-corrected chi connectivity index (χ0v) is 12.0. The van der Waals surface area contributed by atoms with E-state index in [1.165, 1.54) is 38.5 Å². The average molecular weight is 267 g/mol. The van der Waals surface area contributed by atoms with E-state index >= 15 is 0 Å². The van der Waals surface area contributed by atoms with Crippen LogP contribution in [0.3, 0.4) is 0 Å². The lowest BCUT2D eigenvalue weighted by molar-refractivity contribution is -0.0977. The molecule has 108 valence electrons. The van der Waals surface area contributed by atoms with Crippen molar-refractivity contribution in [2.45, 2.75) is 58.1 Å². The summed E-state index contributed by atoms with van der Waals surface area (Å²) >= 11 is 0. The molecule has 4 aliphatic carbocycles. The van der Waals surface area contributed by atoms with Gasteiger partial charge in [-0.2, -0.15) is 0 Å². The van der Waals surface area contributed by atoms with Crippen LogP contribution in [0.4, 0.5) is 4.79 Å². The van der Waals surface area contributed by atoms with Crippen molar-refractivity contribution in [2.24, 2.45) is 28.9 Å². The molecular weight excluding hydrogens is 242 g/mol. The van der Waals surface area contributed by atoms with Gasteiger partial charge in [0.25, 0.3) is 0 Å². The van der Waals surface area contributed by atoms with Crippen LogP contribution in [-0.4, -0.2) is 18.5 Å². The Balaban J connectivity index is 1.57. The van der Waals surface area contributed by atoms with Gasteiger partial charge in [-0.3, -0.25) is 5.73 Å². The molecule has 0 aromatic carbocycles. The van der Waals surface area contributed by atoms with Crippen molar-refractivity contribution in [3.05, 3.63) is 0 Å². The molecule has 0 radical (unpaired) electrons. The summed E-state index contributed by atoms with van der Waals surface area (Å²) in [7, 11) is 0. The first-order chi connectivity index (χ1) is 8.84. The third kappa shape index (κ3) is 2.88. The second kappa shape index (κ2) is 4.37. The van der Waals surface area contributed by atoms with E-state index in [4.69, 9.17) is 15.2 Å². The van der Waals surface area contributed by atoms with Crippen molar-refractivity contribution in [3.63, 3.8) is 0 Å². The van der Waals surface area contributed by atoms with E-state index in [0.717, 1.165) is 17.8 Å². The molecule has 4 aliphatic rings. The summed E-state index contributed by atoms with van der Waals surface area (Å²) in [5.41, 5.74) is 4.93. The van der Waals surface area contributed by atoms with E-state index in [9.17, 15) is 4.79 Å². The molecule has 4 heteroatoms. The van der Waals surface area contributed by atoms with Crippen LogP contribution in [0.1, 0.15) is 52.4 Å². The van der Waals surface area contributed by atoms with Gasteiger partial charge in [-0.15, -0.1) is 0 Å². The van der Waals surface area contributed by atoms with Crippen LogP contribution in [0.2, 0.25) is 0 Å². The summed E-state index contributed by atoms with van der Waals surface area (Å²) in [4.78, 5) is 11.6. The molecular formula is C15H25NO3. The molecule has 19 heavy (non-hydrogen) atoms. The first kappa shape index (κ1) is 13.2. The fourth-order valence-electron chi connectivity index (χ4n) is 4.92. The Labute approximate surface area is 115 Å². The monoisotopic (exact) mass is 267 g/mol. The number of ether oxygens (including phenoxy) is 2. The van der Waals surface area contributed by atoms with Crippen LogP contribution in [0.5, 0.6) is 0 Å². The number of hydrogen-bond acceptors (Lipinski definition) is 4. The molecule has 0 saturated heterocycles. The lowest BCUT2D eigenvalue weighted by atomic mass is 9.50. The van der Waals surface area contributed by atoms with Crippen molar-refractivity contribution in [1.82, 2.24) is 0 Å². The highest BCUT2D eigenvalue weighted by Gasteiger charge is 2.51. The zero-order valence-electron chi connectivity index (χ0n) is 12.0. The van der Waals surface area contributed by atoms with Gasteiger partial charge in [0.15, 0.2) is 5.72 Å². The second-order valence-corrected chi connectivity index (χ2v) is 7.66. The fourth-order valence-corrected chi connectivity index (χ4v) is 4.92. The van der Waals surface area contributed by atoms with Crippen molar-refractivity contribution in [3.8, 4) is 0 Å². The molecule has 0 spiro atoms. The minimum Gasteiger partial charge on any atom is -0.434 e. The Hall–Kier alpha value is -0.770. The first-order valence-corrected chi connectivity index (χ1v) is 7.48. The number of carbonyl (C=O) groups excluding carboxylic acids is 1. The highest BCUT2D eigenvalue weighted by Crippen LogP contribution is 2.60. The van der Waals surface area contributed by atoms with E-state index in [1.807, 2.05) is 0 Å². The molecule has 4 fully saturated rings. The van der Waals surface area contributed by atoms with E-state index in [0.29, 0.717) is 6.61 Å². The third-order valence-corrected chi connectivity index (χ3v) is 5.01. The summed E-state index contributed by atoms with van der Waals surface area (Å²) in [5.74, 6) is 2.62. The molecule has 0 aliphatic heterocycles. The third-order valence-electron chi connectivity index (χ3n) is 5.01. The largest absolute Gasteiger partial charge is 0.510 e. The number of hydrogen-bond donors (Lipinski definition) is 1. The first-order valence-electron chi connectivity index (χ1n) is 7.48. The standard InChI is InChI=1S/C15H25NO3/c1-14(2,16)19-13(17)18-9-15-6-10-3-11(7-15)5-12(4-10)8-15/h10-12H,3-9,16H2,1-2H3. The van der Waals surface area contributed by atoms with Gasteiger partial charge in [-0.25, -0.2) is 4.79 Å². The van der Waals surface area contributed by atoms with Crippen molar-refractivity contribution in [1.29, 1.82) is 0 Å². The minimum atomic E-state index is -0.960. The molecule has 4 rings (SSSR count). The van der Waals surface area contributed by atoms with Crippen LogP contribution < -0.4 is 5.73 Å². The predicted molar refractivity (Wildman–Crippen MR) is 71.3 cm³/mol. The number of nitrogens with two attached hydrogens (primary N) is 1. The van der Waals surface area contributed by atoms with Crippen molar-refractivity contribution in [2.75, 3.05) is 6.61 Å². The number of rotatable bonds is 3. The van der Waals surface area contributed by atoms with Gasteiger partial charge in [-0.05, 0) is 70.1 Å². The predicted octanol–water partition coefficient (Wildman–Crippen LogP) is 3.05. The summed E-state index contributed by atoms with van der Waals surface area (Å²) in [6.45, 7) is 3.82. The Morgan fingerprint density at radius 3 is 2.05 bits per heavy atom. The van der Waals surface area contributed by atoms with Crippen LogP contribution >= 0.6 is 0 Å². The Morgan fingerprint density at radius 2 is 1.63 bits per heavy atom. The van der Waals surface area contributed by atoms with Gasteiger partial charge in [0.1, 0.15) is 6.61 Å². The lowest BCUT2D eigenvalue weighted by Gasteiger charge is -2.56. The smallest absolute Gasteiger partial charge is 0.434 e. The normalized spacial score (nSPS) is 40.3. The molecule has 2 N–H and O–H groups in total. The van der Waals surface area contributed by atoms with Crippen LogP contribution in [0, 0.1) is 23.2 Å². The Kier molecular flexibility index (Phi) is 3.04. The maximum atomic E-state index is 11.6. The molecule has 0 atom stereocenters. The maximum Gasteiger partial charge on any atom is 0.510 e. The van der Waals surface area contributed by atoms with Crippen LogP contribution in [0.15, 0.2) is 0 Å². The molecule has 4 bridgehead atoms. The van der Waals surface area contributed by atoms with Gasteiger partial charge in [0.05, 0.1) is 0 Å². The molecule has 4 saturated carbocycles. The van der Waals surface area contributed by atoms with Crippen molar-refractivity contribution >= 4 is 6.16 Å². The number of carbonyl (C=O) groups is 1. The molecule has 0 unspecified atom stereocenters. The van der Waals surface area contributed by atoms with Crippen LogP contribution in [0.25, 0.3) is 0 Å². The van der Waals surface area contributed by atoms with E-state index < -0.39 is 11.9 Å². The van der Waals surface area contributed by atoms with Gasteiger partial charge in [-0.1, -0.05) is 0 Å². The van der Waals surface area contributed by atoms with Gasteiger partial charge in [0, 0.05) is 5.41 Å². The Bertz CT molecular complexity index is 337. The SMILES string of the molecule is CC(C)(N)OC(=O)OCC12CC3CC(CC(C3)C1)C2. The summed E-state index contributed by atoms with van der Waals surface area (Å²) in [6.07, 6.45) is 7.29. The van der Waals surface area contributed by atoms with E-state index in [2.05, 4.69) is 0 Å². The quantitative estimate of drug-likeness (QED) is 0.630.